The molecule has 78 valence electrons. The molecule has 0 unspecified atom stereocenters. The molecule has 1 heterocycles. The summed E-state index contributed by atoms with van der Waals surface area (Å²) in [6, 6.07) is 6.77. The number of rotatable bonds is 3. The van der Waals surface area contributed by atoms with Gasteiger partial charge in [0.05, 0.1) is 17.4 Å². The van der Waals surface area contributed by atoms with Gasteiger partial charge in [0.2, 0.25) is 0 Å². The molecule has 0 radical (unpaired) electrons. The summed E-state index contributed by atoms with van der Waals surface area (Å²) in [5.74, 6) is 0. The van der Waals surface area contributed by atoms with Crippen LogP contribution in [0.5, 0.6) is 0 Å². The molecule has 1 aromatic heterocycles. The van der Waals surface area contributed by atoms with Crippen LogP contribution < -0.4 is 5.48 Å². The Bertz CT molecular complexity index is 488. The lowest BCUT2D eigenvalue weighted by Crippen LogP contribution is -2.05. The van der Waals surface area contributed by atoms with E-state index in [1.54, 1.807) is 0 Å². The highest BCUT2D eigenvalue weighted by atomic mass is 16.5. The Morgan fingerprint density at radius 2 is 2.33 bits per heavy atom. The third kappa shape index (κ3) is 1.52. The van der Waals surface area contributed by atoms with Gasteiger partial charge in [-0.1, -0.05) is 6.07 Å². The monoisotopic (exact) mass is 203 g/mol. The van der Waals surface area contributed by atoms with Crippen molar-refractivity contribution in [3.05, 3.63) is 30.1 Å². The van der Waals surface area contributed by atoms with E-state index in [2.05, 4.69) is 21.1 Å². The number of fused-ring (bicyclic) bond motifs is 1. The van der Waals surface area contributed by atoms with Crippen LogP contribution in [0.3, 0.4) is 0 Å². The first-order chi connectivity index (χ1) is 7.38. The zero-order chi connectivity index (χ0) is 10.3. The van der Waals surface area contributed by atoms with Crippen LogP contribution in [0.25, 0.3) is 11.0 Å². The molecule has 3 rings (SSSR count). The van der Waals surface area contributed by atoms with Crippen molar-refractivity contribution >= 4 is 11.0 Å². The Hall–Kier alpha value is -1.39. The van der Waals surface area contributed by atoms with Gasteiger partial charge in [-0.3, -0.25) is 0 Å². The van der Waals surface area contributed by atoms with Gasteiger partial charge in [-0.25, -0.2) is 10.5 Å². The maximum Gasteiger partial charge on any atom is 0.0960 e. The van der Waals surface area contributed by atoms with Crippen molar-refractivity contribution in [1.82, 2.24) is 15.0 Å². The summed E-state index contributed by atoms with van der Waals surface area (Å²) in [5, 5.41) is 8.62. The predicted octanol–water partition coefficient (Wildman–Crippen LogP) is 1.85. The molecular formula is C11H13N3O. The summed E-state index contributed by atoms with van der Waals surface area (Å²) >= 11 is 0. The van der Waals surface area contributed by atoms with Gasteiger partial charge in [0.1, 0.15) is 0 Å². The Morgan fingerprint density at radius 3 is 3.07 bits per heavy atom. The molecule has 1 fully saturated rings. The van der Waals surface area contributed by atoms with E-state index >= 15 is 0 Å². The standard InChI is InChI=1S/C11H13N3O/c15-13-6-8-1-4-11-10(5-8)12-7-14(11)9-2-3-9/h1,4-5,7,9,13,15H,2-3,6H2. The fourth-order valence-electron chi connectivity index (χ4n) is 1.92. The molecule has 0 amide bonds. The van der Waals surface area contributed by atoms with Gasteiger partial charge in [-0.2, -0.15) is 0 Å². The molecule has 0 aliphatic heterocycles. The van der Waals surface area contributed by atoms with Crippen LogP contribution in [0.1, 0.15) is 24.4 Å². The summed E-state index contributed by atoms with van der Waals surface area (Å²) in [5.41, 5.74) is 5.41. The van der Waals surface area contributed by atoms with Crippen LogP contribution in [0.2, 0.25) is 0 Å². The summed E-state index contributed by atoms with van der Waals surface area (Å²) in [7, 11) is 0. The number of imidazole rings is 1. The molecule has 2 aromatic rings. The second-order valence-electron chi connectivity index (χ2n) is 4.04. The highest BCUT2D eigenvalue weighted by molar-refractivity contribution is 5.76. The Labute approximate surface area is 87.5 Å². The maximum atomic E-state index is 8.62. The number of hydrogen-bond donors (Lipinski definition) is 2. The minimum Gasteiger partial charge on any atom is -0.327 e. The summed E-state index contributed by atoms with van der Waals surface area (Å²) < 4.78 is 2.24. The molecule has 0 spiro atoms. The van der Waals surface area contributed by atoms with Gasteiger partial charge in [0.15, 0.2) is 0 Å². The molecule has 1 saturated carbocycles. The van der Waals surface area contributed by atoms with Crippen molar-refractivity contribution < 1.29 is 5.21 Å². The van der Waals surface area contributed by atoms with Gasteiger partial charge >= 0.3 is 0 Å². The third-order valence-electron chi connectivity index (χ3n) is 2.86. The van der Waals surface area contributed by atoms with E-state index in [4.69, 9.17) is 5.21 Å². The minimum absolute atomic E-state index is 0.465. The average molecular weight is 203 g/mol. The molecule has 15 heavy (non-hydrogen) atoms. The number of benzene rings is 1. The van der Waals surface area contributed by atoms with E-state index in [0.29, 0.717) is 12.6 Å². The van der Waals surface area contributed by atoms with Gasteiger partial charge < -0.3 is 9.77 Å². The highest BCUT2D eigenvalue weighted by Crippen LogP contribution is 2.37. The number of hydrogen-bond acceptors (Lipinski definition) is 3. The van der Waals surface area contributed by atoms with E-state index in [-0.39, 0.29) is 0 Å². The van der Waals surface area contributed by atoms with Gasteiger partial charge in [-0.15, -0.1) is 0 Å². The molecule has 0 saturated heterocycles. The fraction of sp³-hybridized carbons (Fsp3) is 0.364. The number of nitrogens with one attached hydrogen (secondary N) is 1. The quantitative estimate of drug-likeness (QED) is 0.748. The zero-order valence-electron chi connectivity index (χ0n) is 8.35. The lowest BCUT2D eigenvalue weighted by Gasteiger charge is -2.02. The highest BCUT2D eigenvalue weighted by Gasteiger charge is 2.24. The van der Waals surface area contributed by atoms with Crippen LogP contribution in [0, 0.1) is 0 Å². The molecule has 1 aromatic carbocycles. The molecule has 2 N–H and O–H groups in total. The molecule has 4 nitrogen and oxygen atoms in total. The van der Waals surface area contributed by atoms with Crippen molar-refractivity contribution in [2.45, 2.75) is 25.4 Å². The SMILES string of the molecule is ONCc1ccc2c(c1)ncn2C1CC1. The van der Waals surface area contributed by atoms with E-state index in [1.807, 2.05) is 18.5 Å². The Balaban J connectivity index is 2.05. The van der Waals surface area contributed by atoms with Crippen molar-refractivity contribution in [2.24, 2.45) is 0 Å². The van der Waals surface area contributed by atoms with Crippen LogP contribution in [-0.4, -0.2) is 14.8 Å². The van der Waals surface area contributed by atoms with Crippen LogP contribution in [0.4, 0.5) is 0 Å². The number of nitrogens with zero attached hydrogens (tertiary/aromatic N) is 2. The van der Waals surface area contributed by atoms with Crippen molar-refractivity contribution in [2.75, 3.05) is 0 Å². The van der Waals surface area contributed by atoms with Crippen LogP contribution in [-0.2, 0) is 6.54 Å². The second-order valence-corrected chi connectivity index (χ2v) is 4.04. The first-order valence-electron chi connectivity index (χ1n) is 5.21. The van der Waals surface area contributed by atoms with E-state index in [0.717, 1.165) is 11.1 Å². The second kappa shape index (κ2) is 3.32. The van der Waals surface area contributed by atoms with E-state index in [1.165, 1.54) is 18.4 Å². The van der Waals surface area contributed by atoms with Crippen LogP contribution in [0.15, 0.2) is 24.5 Å². The van der Waals surface area contributed by atoms with Crippen LogP contribution >= 0.6 is 0 Å². The molecule has 4 heteroatoms. The topological polar surface area (TPSA) is 50.1 Å². The Morgan fingerprint density at radius 1 is 1.47 bits per heavy atom. The smallest absolute Gasteiger partial charge is 0.0960 e. The van der Waals surface area contributed by atoms with Gasteiger partial charge in [0.25, 0.3) is 0 Å². The molecule has 1 aliphatic rings. The minimum atomic E-state index is 0.465. The fourth-order valence-corrected chi connectivity index (χ4v) is 1.92. The average Bonchev–Trinajstić information content (AvgIpc) is 3.00. The van der Waals surface area contributed by atoms with Crippen molar-refractivity contribution in [3.8, 4) is 0 Å². The van der Waals surface area contributed by atoms with Gasteiger partial charge in [0, 0.05) is 12.6 Å². The maximum absolute atomic E-state index is 8.62. The third-order valence-corrected chi connectivity index (χ3v) is 2.86. The molecule has 0 atom stereocenters. The normalized spacial score (nSPS) is 16.1. The molecular weight excluding hydrogens is 190 g/mol. The van der Waals surface area contributed by atoms with Crippen molar-refractivity contribution in [1.29, 1.82) is 0 Å². The van der Waals surface area contributed by atoms with E-state index in [9.17, 15) is 0 Å². The lowest BCUT2D eigenvalue weighted by atomic mass is 10.2. The number of aromatic nitrogens is 2. The number of hydroxylamine groups is 1. The Kier molecular flexibility index (Phi) is 1.97. The molecule has 1 aliphatic carbocycles. The molecule has 0 bridgehead atoms. The summed E-state index contributed by atoms with van der Waals surface area (Å²) in [4.78, 5) is 4.38. The first kappa shape index (κ1) is 8.88. The zero-order valence-corrected chi connectivity index (χ0v) is 8.35. The predicted molar refractivity (Wildman–Crippen MR) is 56.6 cm³/mol. The summed E-state index contributed by atoms with van der Waals surface area (Å²) in [6.45, 7) is 0.465. The summed E-state index contributed by atoms with van der Waals surface area (Å²) in [6.07, 6.45) is 4.45. The van der Waals surface area contributed by atoms with Crippen molar-refractivity contribution in [3.63, 3.8) is 0 Å². The first-order valence-corrected chi connectivity index (χ1v) is 5.21. The van der Waals surface area contributed by atoms with E-state index < -0.39 is 0 Å². The lowest BCUT2D eigenvalue weighted by molar-refractivity contribution is 0.161. The largest absolute Gasteiger partial charge is 0.327 e. The van der Waals surface area contributed by atoms with Gasteiger partial charge in [-0.05, 0) is 30.5 Å².